The standard InChI is InChI=1S/C9H11NO4S2/c1-3(11)4-6(12)10-5(8(13)14)9(15-2)16-7(4)10/h3-4,7,11H,1-2H3,(H,13,14)/t3-,4+,7+/m0/s1. The highest BCUT2D eigenvalue weighted by molar-refractivity contribution is 8.22. The summed E-state index contributed by atoms with van der Waals surface area (Å²) in [5, 5.41) is 18.2. The van der Waals surface area contributed by atoms with E-state index >= 15 is 0 Å². The fourth-order valence-corrected chi connectivity index (χ4v) is 4.27. The van der Waals surface area contributed by atoms with E-state index in [9.17, 15) is 14.7 Å². The number of hydrogen-bond donors (Lipinski definition) is 2. The van der Waals surface area contributed by atoms with Crippen LogP contribution >= 0.6 is 23.5 Å². The van der Waals surface area contributed by atoms with E-state index in [1.165, 1.54) is 28.4 Å². The van der Waals surface area contributed by atoms with Crippen molar-refractivity contribution in [3.05, 3.63) is 9.93 Å². The summed E-state index contributed by atoms with van der Waals surface area (Å²) in [5.41, 5.74) is 0.0596. The van der Waals surface area contributed by atoms with Gasteiger partial charge >= 0.3 is 5.97 Å². The van der Waals surface area contributed by atoms with Gasteiger partial charge in [-0.15, -0.1) is 11.8 Å². The molecule has 2 heterocycles. The lowest BCUT2D eigenvalue weighted by atomic mass is 9.92. The number of aliphatic hydroxyl groups is 1. The highest BCUT2D eigenvalue weighted by atomic mass is 32.2. The second-order valence-corrected chi connectivity index (χ2v) is 5.83. The Morgan fingerprint density at radius 1 is 1.62 bits per heavy atom. The number of carboxylic acid groups (broad SMARTS) is 1. The van der Waals surface area contributed by atoms with E-state index in [0.29, 0.717) is 4.24 Å². The molecule has 1 amide bonds. The molecule has 2 aliphatic heterocycles. The third-order valence-corrected chi connectivity index (χ3v) is 5.16. The molecule has 0 unspecified atom stereocenters. The summed E-state index contributed by atoms with van der Waals surface area (Å²) < 4.78 is 0.633. The third kappa shape index (κ3) is 1.46. The van der Waals surface area contributed by atoms with E-state index in [2.05, 4.69) is 0 Å². The molecule has 88 valence electrons. The number of aliphatic hydroxyl groups excluding tert-OH is 1. The molecule has 16 heavy (non-hydrogen) atoms. The summed E-state index contributed by atoms with van der Waals surface area (Å²) in [6.45, 7) is 1.55. The van der Waals surface area contributed by atoms with Crippen molar-refractivity contribution in [1.82, 2.24) is 4.90 Å². The maximum atomic E-state index is 11.7. The smallest absolute Gasteiger partial charge is 0.354 e. The number of thioether (sulfide) groups is 2. The van der Waals surface area contributed by atoms with Crippen molar-refractivity contribution in [3.8, 4) is 0 Å². The average molecular weight is 261 g/mol. The Bertz CT molecular complexity index is 393. The normalized spacial score (nSPS) is 30.2. The Labute approximate surface area is 101 Å². The molecule has 1 fully saturated rings. The minimum Gasteiger partial charge on any atom is -0.477 e. The average Bonchev–Trinajstić information content (AvgIpc) is 2.51. The zero-order valence-electron chi connectivity index (χ0n) is 8.71. The largest absolute Gasteiger partial charge is 0.477 e. The van der Waals surface area contributed by atoms with Crippen molar-refractivity contribution in [3.63, 3.8) is 0 Å². The van der Waals surface area contributed by atoms with Crippen LogP contribution in [0.3, 0.4) is 0 Å². The first-order valence-corrected chi connectivity index (χ1v) is 6.78. The van der Waals surface area contributed by atoms with Gasteiger partial charge in [-0.1, -0.05) is 11.8 Å². The first-order valence-electron chi connectivity index (χ1n) is 4.68. The van der Waals surface area contributed by atoms with Gasteiger partial charge in [0.15, 0.2) is 5.70 Å². The number of carbonyl (C=O) groups is 2. The molecule has 0 bridgehead atoms. The van der Waals surface area contributed by atoms with Gasteiger partial charge in [-0.3, -0.25) is 9.69 Å². The SMILES string of the molecule is CSC1=C(C(=O)O)N2C(=O)[C@@H]([C@H](C)O)[C@H]2S1. The summed E-state index contributed by atoms with van der Waals surface area (Å²) >= 11 is 2.66. The van der Waals surface area contributed by atoms with Crippen LogP contribution in [0, 0.1) is 5.92 Å². The van der Waals surface area contributed by atoms with Crippen molar-refractivity contribution < 1.29 is 19.8 Å². The van der Waals surface area contributed by atoms with E-state index in [0.717, 1.165) is 0 Å². The fraction of sp³-hybridized carbons (Fsp3) is 0.556. The van der Waals surface area contributed by atoms with Crippen LogP contribution in [0.2, 0.25) is 0 Å². The first-order chi connectivity index (χ1) is 7.49. The molecule has 3 atom stereocenters. The lowest BCUT2D eigenvalue weighted by Gasteiger charge is -2.43. The summed E-state index contributed by atoms with van der Waals surface area (Å²) in [6, 6.07) is 0. The number of hydrogen-bond acceptors (Lipinski definition) is 5. The van der Waals surface area contributed by atoms with E-state index in [1.807, 2.05) is 0 Å². The number of aliphatic carboxylic acids is 1. The molecule has 5 nitrogen and oxygen atoms in total. The molecule has 0 radical (unpaired) electrons. The molecule has 7 heteroatoms. The molecule has 0 spiro atoms. The molecule has 0 saturated carbocycles. The zero-order valence-corrected chi connectivity index (χ0v) is 10.3. The van der Waals surface area contributed by atoms with Gasteiger partial charge in [-0.05, 0) is 13.2 Å². The summed E-state index contributed by atoms with van der Waals surface area (Å²) in [7, 11) is 0. The molecular weight excluding hydrogens is 250 g/mol. The van der Waals surface area contributed by atoms with Crippen LogP contribution in [0.25, 0.3) is 0 Å². The Hall–Kier alpha value is -0.660. The Morgan fingerprint density at radius 2 is 2.25 bits per heavy atom. The number of nitrogens with zero attached hydrogens (tertiary/aromatic N) is 1. The molecule has 0 aromatic rings. The maximum absolute atomic E-state index is 11.7. The van der Waals surface area contributed by atoms with E-state index in [4.69, 9.17) is 5.11 Å². The van der Waals surface area contributed by atoms with Crippen LogP contribution < -0.4 is 0 Å². The second kappa shape index (κ2) is 3.97. The number of rotatable bonds is 3. The van der Waals surface area contributed by atoms with Gasteiger partial charge in [0.05, 0.1) is 16.3 Å². The summed E-state index contributed by atoms with van der Waals surface area (Å²) in [5.74, 6) is -1.87. The molecular formula is C9H11NO4S2. The molecule has 1 saturated heterocycles. The van der Waals surface area contributed by atoms with Crippen molar-refractivity contribution in [1.29, 1.82) is 0 Å². The lowest BCUT2D eigenvalue weighted by Crippen LogP contribution is -2.60. The third-order valence-electron chi connectivity index (χ3n) is 2.65. The monoisotopic (exact) mass is 261 g/mol. The van der Waals surface area contributed by atoms with Gasteiger partial charge in [-0.2, -0.15) is 0 Å². The van der Waals surface area contributed by atoms with Crippen molar-refractivity contribution in [2.24, 2.45) is 5.92 Å². The molecule has 2 rings (SSSR count). The van der Waals surface area contributed by atoms with Gasteiger partial charge in [-0.25, -0.2) is 4.79 Å². The molecule has 2 aliphatic rings. The maximum Gasteiger partial charge on any atom is 0.354 e. The predicted molar refractivity (Wildman–Crippen MR) is 61.6 cm³/mol. The van der Waals surface area contributed by atoms with Crippen LogP contribution in [0.15, 0.2) is 9.93 Å². The minimum absolute atomic E-state index is 0.0596. The second-order valence-electron chi connectivity index (χ2n) is 3.63. The quantitative estimate of drug-likeness (QED) is 0.721. The van der Waals surface area contributed by atoms with Crippen molar-refractivity contribution >= 4 is 35.4 Å². The van der Waals surface area contributed by atoms with Gasteiger partial charge < -0.3 is 10.2 Å². The lowest BCUT2D eigenvalue weighted by molar-refractivity contribution is -0.156. The van der Waals surface area contributed by atoms with Crippen LogP contribution in [0.1, 0.15) is 6.92 Å². The van der Waals surface area contributed by atoms with Crippen LogP contribution in [-0.4, -0.2) is 44.7 Å². The highest BCUT2D eigenvalue weighted by Crippen LogP contribution is 2.53. The molecule has 2 N–H and O–H groups in total. The van der Waals surface area contributed by atoms with Gasteiger partial charge in [0.25, 0.3) is 0 Å². The first kappa shape index (κ1) is 11.8. The predicted octanol–water partition coefficient (Wildman–Crippen LogP) is 0.515. The van der Waals surface area contributed by atoms with Crippen molar-refractivity contribution in [2.45, 2.75) is 18.4 Å². The summed E-state index contributed by atoms with van der Waals surface area (Å²) in [6.07, 6.45) is 1.04. The van der Waals surface area contributed by atoms with Gasteiger partial charge in [0.2, 0.25) is 5.91 Å². The van der Waals surface area contributed by atoms with Gasteiger partial charge in [0.1, 0.15) is 5.37 Å². The molecule has 0 aromatic heterocycles. The van der Waals surface area contributed by atoms with Crippen LogP contribution in [0.5, 0.6) is 0 Å². The number of carboxylic acids is 1. The number of β-lactam (4-membered cyclic amide) rings is 1. The number of carbonyl (C=O) groups excluding carboxylic acids is 1. The highest BCUT2D eigenvalue weighted by Gasteiger charge is 2.57. The number of fused-ring (bicyclic) bond motifs is 1. The topological polar surface area (TPSA) is 77.8 Å². The minimum atomic E-state index is -1.09. The fourth-order valence-electron chi connectivity index (χ4n) is 1.89. The van der Waals surface area contributed by atoms with Crippen LogP contribution in [-0.2, 0) is 9.59 Å². The number of amides is 1. The Kier molecular flexibility index (Phi) is 2.93. The van der Waals surface area contributed by atoms with E-state index < -0.39 is 18.0 Å². The van der Waals surface area contributed by atoms with Gasteiger partial charge in [0, 0.05) is 0 Å². The zero-order chi connectivity index (χ0) is 12.0. The van der Waals surface area contributed by atoms with E-state index in [-0.39, 0.29) is 17.0 Å². The van der Waals surface area contributed by atoms with Crippen molar-refractivity contribution in [2.75, 3.05) is 6.26 Å². The Morgan fingerprint density at radius 3 is 2.69 bits per heavy atom. The van der Waals surface area contributed by atoms with E-state index in [1.54, 1.807) is 13.2 Å². The molecule has 0 aliphatic carbocycles. The van der Waals surface area contributed by atoms with Crippen LogP contribution in [0.4, 0.5) is 0 Å². The Balaban J connectivity index is 2.29. The molecule has 0 aromatic carbocycles. The summed E-state index contributed by atoms with van der Waals surface area (Å²) in [4.78, 5) is 24.0.